The third-order valence-corrected chi connectivity index (χ3v) is 4.97. The molecular formula is C21H27FN6O2. The summed E-state index contributed by atoms with van der Waals surface area (Å²) in [6.07, 6.45) is 8.40. The van der Waals surface area contributed by atoms with Gasteiger partial charge in [-0.3, -0.25) is 9.78 Å². The first-order valence-electron chi connectivity index (χ1n) is 10.1. The van der Waals surface area contributed by atoms with Crippen LogP contribution in [0.4, 0.5) is 10.2 Å². The van der Waals surface area contributed by atoms with E-state index in [1.54, 1.807) is 10.6 Å². The molecule has 4 heterocycles. The summed E-state index contributed by atoms with van der Waals surface area (Å²) in [4.78, 5) is 22.8. The second-order valence-electron chi connectivity index (χ2n) is 7.48. The topological polar surface area (TPSA) is 95.6 Å². The van der Waals surface area contributed by atoms with Crippen molar-refractivity contribution in [3.8, 4) is 0 Å². The molecule has 0 aromatic carbocycles. The zero-order valence-electron chi connectivity index (χ0n) is 17.2. The molecule has 160 valence electrons. The Morgan fingerprint density at radius 2 is 2.03 bits per heavy atom. The number of carbonyl (C=O) groups is 1. The Morgan fingerprint density at radius 1 is 1.27 bits per heavy atom. The highest BCUT2D eigenvalue weighted by atomic mass is 19.1. The second-order valence-corrected chi connectivity index (χ2v) is 7.48. The van der Waals surface area contributed by atoms with E-state index in [0.717, 1.165) is 18.9 Å². The molecule has 1 amide bonds. The molecule has 8 nitrogen and oxygen atoms in total. The van der Waals surface area contributed by atoms with E-state index >= 15 is 0 Å². The first-order valence-corrected chi connectivity index (χ1v) is 10.1. The molecule has 1 atom stereocenters. The number of carbonyl (C=O) groups excluding carboxylic acids is 1. The number of nitrogens with one attached hydrogen (secondary N) is 1. The number of rotatable bonds is 5. The fraction of sp³-hybridized carbons (Fsp3) is 0.429. The van der Waals surface area contributed by atoms with E-state index in [1.165, 1.54) is 37.5 Å². The lowest BCUT2D eigenvalue weighted by Crippen LogP contribution is -2.41. The Balaban J connectivity index is 0.000000310. The third-order valence-electron chi connectivity index (χ3n) is 4.97. The Hall–Kier alpha value is -3.07. The van der Waals surface area contributed by atoms with Crippen molar-refractivity contribution in [2.24, 2.45) is 5.92 Å². The number of aliphatic hydroxyl groups is 1. The van der Waals surface area contributed by atoms with Gasteiger partial charge in [0.25, 0.3) is 5.91 Å². The Kier molecular flexibility index (Phi) is 7.29. The maximum atomic E-state index is 12.5. The van der Waals surface area contributed by atoms with Crippen LogP contribution in [0.5, 0.6) is 0 Å². The van der Waals surface area contributed by atoms with Gasteiger partial charge in [-0.1, -0.05) is 13.8 Å². The molecule has 1 fully saturated rings. The summed E-state index contributed by atoms with van der Waals surface area (Å²) in [6.45, 7) is 5.83. The molecule has 2 N–H and O–H groups in total. The van der Waals surface area contributed by atoms with E-state index in [9.17, 15) is 14.3 Å². The molecule has 0 saturated carbocycles. The van der Waals surface area contributed by atoms with Crippen LogP contribution in [0.25, 0.3) is 5.65 Å². The van der Waals surface area contributed by atoms with Crippen molar-refractivity contribution in [2.75, 3.05) is 24.6 Å². The van der Waals surface area contributed by atoms with E-state index < -0.39 is 0 Å². The molecule has 3 aromatic heterocycles. The standard InChI is InChI=1S/C16H23N5O2.C5H4FN/c1-11(2)13(10-22)18-16(23)12-9-17-21-8-5-14(19-15(12)21)20-6-3-4-7-20;6-5-2-1-3-7-4-5/h5,8-9,11,13,22H,3-4,6-7,10H2,1-2H3,(H,18,23);1-4H. The minimum Gasteiger partial charge on any atom is -0.394 e. The minimum absolute atomic E-state index is 0.0882. The maximum absolute atomic E-state index is 12.5. The van der Waals surface area contributed by atoms with Gasteiger partial charge < -0.3 is 15.3 Å². The number of hydrogen-bond acceptors (Lipinski definition) is 6. The Labute approximate surface area is 174 Å². The van der Waals surface area contributed by atoms with E-state index in [4.69, 9.17) is 0 Å². The highest BCUT2D eigenvalue weighted by Gasteiger charge is 2.21. The molecule has 30 heavy (non-hydrogen) atoms. The van der Waals surface area contributed by atoms with Crippen molar-refractivity contribution >= 4 is 17.4 Å². The van der Waals surface area contributed by atoms with Crippen molar-refractivity contribution in [1.29, 1.82) is 0 Å². The van der Waals surface area contributed by atoms with Crippen LogP contribution in [0, 0.1) is 11.7 Å². The van der Waals surface area contributed by atoms with Crippen molar-refractivity contribution in [3.63, 3.8) is 0 Å². The molecule has 4 rings (SSSR count). The summed E-state index contributed by atoms with van der Waals surface area (Å²) in [5.74, 6) is 0.493. The number of nitrogens with zero attached hydrogens (tertiary/aromatic N) is 5. The summed E-state index contributed by atoms with van der Waals surface area (Å²) in [5.41, 5.74) is 0.984. The molecule has 1 saturated heterocycles. The van der Waals surface area contributed by atoms with Gasteiger partial charge in [-0.25, -0.2) is 13.9 Å². The summed E-state index contributed by atoms with van der Waals surface area (Å²) in [7, 11) is 0. The highest BCUT2D eigenvalue weighted by Crippen LogP contribution is 2.19. The Bertz CT molecular complexity index is 957. The van der Waals surface area contributed by atoms with E-state index in [0.29, 0.717) is 11.2 Å². The molecule has 9 heteroatoms. The first-order chi connectivity index (χ1) is 14.5. The fourth-order valence-corrected chi connectivity index (χ4v) is 3.15. The average Bonchev–Trinajstić information content (AvgIpc) is 3.42. The van der Waals surface area contributed by atoms with Gasteiger partial charge in [0, 0.05) is 25.5 Å². The molecule has 0 bridgehead atoms. The fourth-order valence-electron chi connectivity index (χ4n) is 3.15. The molecule has 0 aliphatic carbocycles. The monoisotopic (exact) mass is 414 g/mol. The van der Waals surface area contributed by atoms with Crippen LogP contribution in [0.1, 0.15) is 37.0 Å². The maximum Gasteiger partial charge on any atom is 0.257 e. The zero-order valence-corrected chi connectivity index (χ0v) is 17.2. The summed E-state index contributed by atoms with van der Waals surface area (Å²) >= 11 is 0. The van der Waals surface area contributed by atoms with Gasteiger partial charge in [0.05, 0.1) is 25.0 Å². The average molecular weight is 414 g/mol. The predicted octanol–water partition coefficient (Wildman–Crippen LogP) is 2.30. The molecule has 0 radical (unpaired) electrons. The first kappa shape index (κ1) is 21.6. The number of pyridine rings is 1. The van der Waals surface area contributed by atoms with Crippen molar-refractivity contribution < 1.29 is 14.3 Å². The van der Waals surface area contributed by atoms with Gasteiger partial charge >= 0.3 is 0 Å². The number of anilines is 1. The van der Waals surface area contributed by atoms with Gasteiger partial charge in [0.1, 0.15) is 17.2 Å². The second kappa shape index (κ2) is 10.1. The SMILES string of the molecule is CC(C)C(CO)NC(=O)c1cnn2ccc(N3CCCC3)nc12.Fc1cccnc1. The lowest BCUT2D eigenvalue weighted by molar-refractivity contribution is 0.0898. The number of fused-ring (bicyclic) bond motifs is 1. The molecule has 1 aliphatic heterocycles. The largest absolute Gasteiger partial charge is 0.394 e. The summed E-state index contributed by atoms with van der Waals surface area (Å²) in [6, 6.07) is 4.55. The minimum atomic E-state index is -0.289. The summed E-state index contributed by atoms with van der Waals surface area (Å²) in [5, 5.41) is 16.4. The lowest BCUT2D eigenvalue weighted by Gasteiger charge is -2.19. The van der Waals surface area contributed by atoms with Crippen LogP contribution >= 0.6 is 0 Å². The normalized spacial score (nSPS) is 14.5. The molecule has 1 aliphatic rings. The van der Waals surface area contributed by atoms with Gasteiger partial charge in [-0.05, 0) is 37.0 Å². The molecule has 0 spiro atoms. The summed E-state index contributed by atoms with van der Waals surface area (Å²) < 4.78 is 13.5. The molecule has 3 aromatic rings. The van der Waals surface area contributed by atoms with Gasteiger partial charge in [0.2, 0.25) is 0 Å². The smallest absolute Gasteiger partial charge is 0.257 e. The van der Waals surface area contributed by atoms with E-state index in [1.807, 2.05) is 26.1 Å². The number of halogens is 1. The van der Waals surface area contributed by atoms with Crippen LogP contribution in [-0.2, 0) is 0 Å². The third kappa shape index (κ3) is 5.29. The van der Waals surface area contributed by atoms with Gasteiger partial charge in [0.15, 0.2) is 5.65 Å². The Morgan fingerprint density at radius 3 is 2.60 bits per heavy atom. The molecule has 1 unspecified atom stereocenters. The van der Waals surface area contributed by atoms with Crippen LogP contribution in [0.2, 0.25) is 0 Å². The van der Waals surface area contributed by atoms with E-state index in [-0.39, 0.29) is 30.3 Å². The number of amides is 1. The van der Waals surface area contributed by atoms with E-state index in [2.05, 4.69) is 25.3 Å². The highest BCUT2D eigenvalue weighted by molar-refractivity contribution is 5.99. The number of hydrogen-bond donors (Lipinski definition) is 2. The van der Waals surface area contributed by atoms with Crippen molar-refractivity contribution in [2.45, 2.75) is 32.7 Å². The zero-order chi connectivity index (χ0) is 21.5. The van der Waals surface area contributed by atoms with Gasteiger partial charge in [-0.15, -0.1) is 0 Å². The van der Waals surface area contributed by atoms with Crippen LogP contribution in [0.15, 0.2) is 43.0 Å². The number of aliphatic hydroxyl groups excluding tert-OH is 1. The van der Waals surface area contributed by atoms with Crippen LogP contribution < -0.4 is 10.2 Å². The predicted molar refractivity (Wildman–Crippen MR) is 112 cm³/mol. The van der Waals surface area contributed by atoms with Crippen LogP contribution in [0.3, 0.4) is 0 Å². The molecular weight excluding hydrogens is 387 g/mol. The van der Waals surface area contributed by atoms with Gasteiger partial charge in [-0.2, -0.15) is 5.10 Å². The van der Waals surface area contributed by atoms with Crippen LogP contribution in [-0.4, -0.2) is 56.3 Å². The quantitative estimate of drug-likeness (QED) is 0.665. The number of aromatic nitrogens is 4. The van der Waals surface area contributed by atoms with Crippen molar-refractivity contribution in [1.82, 2.24) is 24.9 Å². The van der Waals surface area contributed by atoms with Crippen molar-refractivity contribution in [3.05, 3.63) is 54.4 Å². The lowest BCUT2D eigenvalue weighted by atomic mass is 10.1.